The summed E-state index contributed by atoms with van der Waals surface area (Å²) >= 11 is 0. The van der Waals surface area contributed by atoms with E-state index in [9.17, 15) is 4.39 Å². The second-order valence-electron chi connectivity index (χ2n) is 3.87. The van der Waals surface area contributed by atoms with E-state index in [1.165, 1.54) is 51.4 Å². The number of alkyl halides is 1. The molecule has 2 heteroatoms. The number of halogens is 1. The van der Waals surface area contributed by atoms with Crippen LogP contribution in [0.3, 0.4) is 0 Å². The Bertz CT molecular complexity index is 76.4. The monoisotopic (exact) mass is 211 g/mol. The van der Waals surface area contributed by atoms with Crippen LogP contribution < -0.4 is 0 Å². The molecule has 0 heterocycles. The zero-order chi connectivity index (χ0) is 9.78. The van der Waals surface area contributed by atoms with Gasteiger partial charge in [0.05, 0.1) is 6.67 Å². The van der Waals surface area contributed by atoms with Gasteiger partial charge in [-0.25, -0.2) is 0 Å². The topological polar surface area (TPSA) is 0 Å². The Morgan fingerprint density at radius 2 is 1.00 bits per heavy atom. The van der Waals surface area contributed by atoms with Gasteiger partial charge < -0.3 is 0 Å². The van der Waals surface area contributed by atoms with Gasteiger partial charge in [-0.1, -0.05) is 64.7 Å². The molecule has 0 fully saturated rings. The molecule has 0 aromatic carbocycles. The smallest absolute Gasteiger partial charge is 0.0894 e. The minimum atomic E-state index is -0.128. The van der Waals surface area contributed by atoms with Gasteiger partial charge in [0.1, 0.15) is 0 Å². The molecule has 0 nitrogen and oxygen atoms in total. The molecule has 0 saturated carbocycles. The molecule has 0 spiro atoms. The van der Waals surface area contributed by atoms with Crippen LogP contribution in [0.4, 0.5) is 4.39 Å². The molecule has 0 unspecified atom stereocenters. The molecule has 14 heavy (non-hydrogen) atoms. The molecular formula is C12H25FNa. The first-order chi connectivity index (χ1) is 6.41. The van der Waals surface area contributed by atoms with Crippen LogP contribution >= 0.6 is 0 Å². The van der Waals surface area contributed by atoms with Crippen molar-refractivity contribution in [3.8, 4) is 0 Å². The van der Waals surface area contributed by atoms with Crippen LogP contribution in [0.1, 0.15) is 71.1 Å². The van der Waals surface area contributed by atoms with Crippen molar-refractivity contribution in [3.05, 3.63) is 0 Å². The molecule has 0 aliphatic carbocycles. The summed E-state index contributed by atoms with van der Waals surface area (Å²) in [4.78, 5) is 0. The van der Waals surface area contributed by atoms with Gasteiger partial charge in [0.15, 0.2) is 0 Å². The first-order valence-electron chi connectivity index (χ1n) is 5.97. The average Bonchev–Trinajstić information content (AvgIpc) is 2.16. The van der Waals surface area contributed by atoms with E-state index in [0.29, 0.717) is 0 Å². The van der Waals surface area contributed by atoms with Crippen molar-refractivity contribution < 1.29 is 4.39 Å². The van der Waals surface area contributed by atoms with Crippen molar-refractivity contribution in [1.29, 1.82) is 0 Å². The molecule has 0 aliphatic rings. The fraction of sp³-hybridized carbons (Fsp3) is 1.00. The molecule has 0 saturated heterocycles. The van der Waals surface area contributed by atoms with Crippen LogP contribution in [0.5, 0.6) is 0 Å². The van der Waals surface area contributed by atoms with E-state index in [1.807, 2.05) is 0 Å². The van der Waals surface area contributed by atoms with Gasteiger partial charge in [0.2, 0.25) is 0 Å². The Kier molecular flexibility index (Phi) is 20.3. The number of hydrogen-bond acceptors (Lipinski definition) is 0. The number of rotatable bonds is 10. The van der Waals surface area contributed by atoms with E-state index in [2.05, 4.69) is 6.92 Å². The Morgan fingerprint density at radius 3 is 1.36 bits per heavy atom. The van der Waals surface area contributed by atoms with Crippen LogP contribution in [0.15, 0.2) is 0 Å². The molecule has 0 aromatic rings. The quantitative estimate of drug-likeness (QED) is 0.369. The summed E-state index contributed by atoms with van der Waals surface area (Å²) in [5, 5.41) is 0. The molecule has 0 aromatic heterocycles. The zero-order valence-corrected chi connectivity index (χ0v) is 12.2. The molecule has 0 N–H and O–H groups in total. The van der Waals surface area contributed by atoms with Gasteiger partial charge >= 0.3 is 0 Å². The predicted molar refractivity (Wildman–Crippen MR) is 63.6 cm³/mol. The maximum Gasteiger partial charge on any atom is 0.0894 e. The van der Waals surface area contributed by atoms with Gasteiger partial charge in [-0.2, -0.15) is 0 Å². The second kappa shape index (κ2) is 16.4. The summed E-state index contributed by atoms with van der Waals surface area (Å²) < 4.78 is 11.7. The van der Waals surface area contributed by atoms with Gasteiger partial charge in [0, 0.05) is 29.6 Å². The normalized spacial score (nSPS) is 9.86. The second-order valence-corrected chi connectivity index (χ2v) is 3.87. The Balaban J connectivity index is 0. The Labute approximate surface area is 111 Å². The van der Waals surface area contributed by atoms with Gasteiger partial charge in [0.25, 0.3) is 0 Å². The van der Waals surface area contributed by atoms with Crippen LogP contribution in [0.2, 0.25) is 0 Å². The molecular weight excluding hydrogens is 186 g/mol. The van der Waals surface area contributed by atoms with E-state index >= 15 is 0 Å². The number of unbranched alkanes of at least 4 members (excludes halogenated alkanes) is 9. The minimum Gasteiger partial charge on any atom is -0.251 e. The summed E-state index contributed by atoms with van der Waals surface area (Å²) in [6, 6.07) is 0. The first-order valence-corrected chi connectivity index (χ1v) is 5.97. The maximum atomic E-state index is 11.7. The summed E-state index contributed by atoms with van der Waals surface area (Å²) in [7, 11) is 0. The average molecular weight is 211 g/mol. The molecule has 1 radical (unpaired) electrons. The van der Waals surface area contributed by atoms with Crippen molar-refractivity contribution in [2.75, 3.05) is 6.67 Å². The molecule has 0 rings (SSSR count). The molecule has 0 bridgehead atoms. The minimum absolute atomic E-state index is 0. The van der Waals surface area contributed by atoms with Gasteiger partial charge in [-0.15, -0.1) is 0 Å². The SMILES string of the molecule is CCCCCCCCCCCCF.[Na]. The van der Waals surface area contributed by atoms with Gasteiger partial charge in [-0.3, -0.25) is 4.39 Å². The van der Waals surface area contributed by atoms with Crippen LogP contribution in [-0.2, 0) is 0 Å². The van der Waals surface area contributed by atoms with E-state index in [-0.39, 0.29) is 36.2 Å². The van der Waals surface area contributed by atoms with Crippen molar-refractivity contribution in [2.45, 2.75) is 71.1 Å². The summed E-state index contributed by atoms with van der Waals surface area (Å²) in [5.41, 5.74) is 0. The standard InChI is InChI=1S/C12H25F.Na/c1-2-3-4-5-6-7-8-9-10-11-12-13;/h2-12H2,1H3;. The molecule has 0 amide bonds. The summed E-state index contributed by atoms with van der Waals surface area (Å²) in [6.07, 6.45) is 12.7. The Hall–Kier alpha value is 0.930. The first kappa shape index (κ1) is 17.3. The summed E-state index contributed by atoms with van der Waals surface area (Å²) in [5.74, 6) is 0. The molecule has 0 atom stereocenters. The van der Waals surface area contributed by atoms with E-state index in [1.54, 1.807) is 0 Å². The Morgan fingerprint density at radius 1 is 0.643 bits per heavy atom. The van der Waals surface area contributed by atoms with Crippen molar-refractivity contribution in [1.82, 2.24) is 0 Å². The van der Waals surface area contributed by atoms with Crippen molar-refractivity contribution >= 4 is 29.6 Å². The predicted octanol–water partition coefficient (Wildman–Crippen LogP) is 4.50. The van der Waals surface area contributed by atoms with E-state index in [0.717, 1.165) is 12.8 Å². The number of hydrogen-bond donors (Lipinski definition) is 0. The fourth-order valence-electron chi connectivity index (χ4n) is 1.58. The van der Waals surface area contributed by atoms with E-state index in [4.69, 9.17) is 0 Å². The van der Waals surface area contributed by atoms with Crippen molar-refractivity contribution in [2.24, 2.45) is 0 Å². The molecule has 81 valence electrons. The third kappa shape index (κ3) is 15.4. The third-order valence-electron chi connectivity index (χ3n) is 2.49. The van der Waals surface area contributed by atoms with Crippen LogP contribution in [0, 0.1) is 0 Å². The fourth-order valence-corrected chi connectivity index (χ4v) is 1.58. The molecule has 0 aliphatic heterocycles. The maximum absolute atomic E-state index is 11.7. The van der Waals surface area contributed by atoms with E-state index < -0.39 is 0 Å². The van der Waals surface area contributed by atoms with Crippen molar-refractivity contribution in [3.63, 3.8) is 0 Å². The van der Waals surface area contributed by atoms with Crippen LogP contribution in [-0.4, -0.2) is 36.2 Å². The largest absolute Gasteiger partial charge is 0.251 e. The zero-order valence-electron chi connectivity index (χ0n) is 10.2. The van der Waals surface area contributed by atoms with Crippen LogP contribution in [0.25, 0.3) is 0 Å². The summed E-state index contributed by atoms with van der Waals surface area (Å²) in [6.45, 7) is 2.12. The third-order valence-corrected chi connectivity index (χ3v) is 2.49. The van der Waals surface area contributed by atoms with Gasteiger partial charge in [-0.05, 0) is 6.42 Å².